The molecule has 27 heavy (non-hydrogen) atoms. The smallest absolute Gasteiger partial charge is 0.342 e. The minimum atomic E-state index is -1.17. The average Bonchev–Trinajstić information content (AvgIpc) is 2.96. The number of Topliss-reactive ketones (excluding diaryl/α,β-unsaturated/α-hetero) is 1. The fourth-order valence-electron chi connectivity index (χ4n) is 2.61. The zero-order chi connectivity index (χ0) is 19.7. The summed E-state index contributed by atoms with van der Waals surface area (Å²) in [6, 6.07) is 2.69. The van der Waals surface area contributed by atoms with Gasteiger partial charge in [0.1, 0.15) is 23.0 Å². The molecular weight excluding hydrogens is 362 g/mol. The van der Waals surface area contributed by atoms with Crippen LogP contribution in [0.25, 0.3) is 11.1 Å². The SMILES string of the molecule is CCOC(=O)c1c(C)oc2ncn(CC(=O)c3ccc(F)c(F)c3)c(=O)c12. The Kier molecular flexibility index (Phi) is 4.85. The molecule has 0 fully saturated rings. The molecule has 140 valence electrons. The van der Waals surface area contributed by atoms with E-state index < -0.39 is 35.5 Å². The maximum atomic E-state index is 13.3. The summed E-state index contributed by atoms with van der Waals surface area (Å²) >= 11 is 0. The van der Waals surface area contributed by atoms with Crippen LogP contribution in [-0.2, 0) is 11.3 Å². The fraction of sp³-hybridized carbons (Fsp3) is 0.222. The Morgan fingerprint density at radius 2 is 2.00 bits per heavy atom. The maximum Gasteiger partial charge on any atom is 0.342 e. The highest BCUT2D eigenvalue weighted by atomic mass is 19.2. The largest absolute Gasteiger partial charge is 0.462 e. The summed E-state index contributed by atoms with van der Waals surface area (Å²) < 4.78 is 37.5. The number of carbonyl (C=O) groups excluding carboxylic acids is 2. The summed E-state index contributed by atoms with van der Waals surface area (Å²) in [7, 11) is 0. The van der Waals surface area contributed by atoms with Crippen molar-refractivity contribution in [3.8, 4) is 0 Å². The molecule has 2 aromatic heterocycles. The Morgan fingerprint density at radius 3 is 2.67 bits per heavy atom. The van der Waals surface area contributed by atoms with Crippen molar-refractivity contribution < 1.29 is 27.5 Å². The van der Waals surface area contributed by atoms with Gasteiger partial charge in [0.05, 0.1) is 13.2 Å². The highest BCUT2D eigenvalue weighted by molar-refractivity contribution is 6.03. The molecule has 3 rings (SSSR count). The van der Waals surface area contributed by atoms with Gasteiger partial charge in [0.15, 0.2) is 17.4 Å². The summed E-state index contributed by atoms with van der Waals surface area (Å²) in [5.41, 5.74) is -0.901. The van der Waals surface area contributed by atoms with E-state index in [-0.39, 0.29) is 34.6 Å². The van der Waals surface area contributed by atoms with Crippen LogP contribution in [0.4, 0.5) is 8.78 Å². The summed E-state index contributed by atoms with van der Waals surface area (Å²) in [5, 5.41) is -0.105. The minimum absolute atomic E-state index is 0.0565. The molecule has 0 aliphatic carbocycles. The molecule has 0 aliphatic heterocycles. The van der Waals surface area contributed by atoms with Crippen LogP contribution < -0.4 is 5.56 Å². The van der Waals surface area contributed by atoms with Gasteiger partial charge in [0.2, 0.25) is 5.71 Å². The standard InChI is InChI=1S/C18H14F2N2O5/c1-3-26-18(25)14-9(2)27-16-15(14)17(24)22(8-21-16)7-13(23)10-4-5-11(19)12(20)6-10/h4-6,8H,3,7H2,1-2H3. The molecule has 0 radical (unpaired) electrons. The Balaban J connectivity index is 2.02. The lowest BCUT2D eigenvalue weighted by atomic mass is 10.1. The van der Waals surface area contributed by atoms with Crippen molar-refractivity contribution in [1.29, 1.82) is 0 Å². The third-order valence-electron chi connectivity index (χ3n) is 3.89. The maximum absolute atomic E-state index is 13.3. The lowest BCUT2D eigenvalue weighted by Gasteiger charge is -2.06. The van der Waals surface area contributed by atoms with Crippen LogP contribution in [0.15, 0.2) is 33.7 Å². The summed E-state index contributed by atoms with van der Waals surface area (Å²) in [5.74, 6) is -3.46. The third-order valence-corrected chi connectivity index (χ3v) is 3.89. The zero-order valence-corrected chi connectivity index (χ0v) is 14.4. The number of hydrogen-bond donors (Lipinski definition) is 0. The molecule has 0 amide bonds. The number of aromatic nitrogens is 2. The Bertz CT molecular complexity index is 1120. The van der Waals surface area contributed by atoms with Crippen LogP contribution in [0.5, 0.6) is 0 Å². The number of ketones is 1. The van der Waals surface area contributed by atoms with E-state index >= 15 is 0 Å². The van der Waals surface area contributed by atoms with Gasteiger partial charge in [-0.25, -0.2) is 18.6 Å². The van der Waals surface area contributed by atoms with Crippen molar-refractivity contribution in [2.75, 3.05) is 6.61 Å². The fourth-order valence-corrected chi connectivity index (χ4v) is 2.61. The van der Waals surface area contributed by atoms with Gasteiger partial charge in [-0.2, -0.15) is 0 Å². The lowest BCUT2D eigenvalue weighted by molar-refractivity contribution is 0.0526. The van der Waals surface area contributed by atoms with Crippen LogP contribution in [0.2, 0.25) is 0 Å². The molecule has 0 saturated carbocycles. The van der Waals surface area contributed by atoms with Gasteiger partial charge < -0.3 is 9.15 Å². The van der Waals surface area contributed by atoms with Gasteiger partial charge in [-0.05, 0) is 32.0 Å². The molecule has 1 aromatic carbocycles. The predicted molar refractivity (Wildman–Crippen MR) is 89.7 cm³/mol. The van der Waals surface area contributed by atoms with Crippen molar-refractivity contribution in [3.05, 3.63) is 63.4 Å². The van der Waals surface area contributed by atoms with E-state index in [2.05, 4.69) is 4.98 Å². The number of nitrogens with zero attached hydrogens (tertiary/aromatic N) is 2. The number of carbonyl (C=O) groups is 2. The van der Waals surface area contributed by atoms with Crippen molar-refractivity contribution in [3.63, 3.8) is 0 Å². The normalized spacial score (nSPS) is 11.0. The van der Waals surface area contributed by atoms with Gasteiger partial charge in [0, 0.05) is 5.56 Å². The second kappa shape index (κ2) is 7.10. The Hall–Kier alpha value is -3.36. The molecule has 2 heterocycles. The van der Waals surface area contributed by atoms with E-state index in [0.29, 0.717) is 0 Å². The predicted octanol–water partition coefficient (Wildman–Crippen LogP) is 2.64. The summed E-state index contributed by atoms with van der Waals surface area (Å²) in [4.78, 5) is 41.1. The number of esters is 1. The first-order valence-corrected chi connectivity index (χ1v) is 7.97. The molecule has 0 saturated heterocycles. The van der Waals surface area contributed by atoms with Crippen LogP contribution in [0.3, 0.4) is 0 Å². The van der Waals surface area contributed by atoms with Gasteiger partial charge in [-0.15, -0.1) is 0 Å². The molecule has 9 heteroatoms. The minimum Gasteiger partial charge on any atom is -0.462 e. The first-order chi connectivity index (χ1) is 12.8. The zero-order valence-electron chi connectivity index (χ0n) is 14.4. The molecule has 0 aliphatic rings. The summed E-state index contributed by atoms with van der Waals surface area (Å²) in [6.45, 7) is 2.74. The molecule has 3 aromatic rings. The molecular formula is C18H14F2N2O5. The molecule has 0 N–H and O–H groups in total. The number of fused-ring (bicyclic) bond motifs is 1. The van der Waals surface area contributed by atoms with E-state index in [1.54, 1.807) is 6.92 Å². The number of halogens is 2. The van der Waals surface area contributed by atoms with Gasteiger partial charge >= 0.3 is 5.97 Å². The number of ether oxygens (including phenoxy) is 1. The first kappa shape index (κ1) is 18.4. The number of furan rings is 1. The molecule has 0 atom stereocenters. The highest BCUT2D eigenvalue weighted by Crippen LogP contribution is 2.21. The van der Waals surface area contributed by atoms with Crippen LogP contribution >= 0.6 is 0 Å². The van der Waals surface area contributed by atoms with Crippen LogP contribution in [0, 0.1) is 18.6 Å². The Labute approximate surface area is 151 Å². The van der Waals surface area contributed by atoms with E-state index in [1.165, 1.54) is 6.92 Å². The number of rotatable bonds is 5. The molecule has 0 unspecified atom stereocenters. The van der Waals surface area contributed by atoms with E-state index in [1.807, 2.05) is 0 Å². The van der Waals surface area contributed by atoms with E-state index in [0.717, 1.165) is 29.1 Å². The highest BCUT2D eigenvalue weighted by Gasteiger charge is 2.24. The monoisotopic (exact) mass is 376 g/mol. The van der Waals surface area contributed by atoms with Crippen LogP contribution in [-0.4, -0.2) is 27.9 Å². The summed E-state index contributed by atoms with van der Waals surface area (Å²) in [6.07, 6.45) is 1.08. The second-order valence-electron chi connectivity index (χ2n) is 5.66. The van der Waals surface area contributed by atoms with Crippen molar-refractivity contribution >= 4 is 22.9 Å². The third kappa shape index (κ3) is 3.35. The average molecular weight is 376 g/mol. The van der Waals surface area contributed by atoms with Gasteiger partial charge in [-0.3, -0.25) is 14.2 Å². The molecule has 7 nitrogen and oxygen atoms in total. The van der Waals surface area contributed by atoms with Gasteiger partial charge in [-0.1, -0.05) is 0 Å². The van der Waals surface area contributed by atoms with Crippen molar-refractivity contribution in [1.82, 2.24) is 9.55 Å². The first-order valence-electron chi connectivity index (χ1n) is 7.97. The van der Waals surface area contributed by atoms with Crippen molar-refractivity contribution in [2.24, 2.45) is 0 Å². The topological polar surface area (TPSA) is 91.4 Å². The second-order valence-corrected chi connectivity index (χ2v) is 5.66. The lowest BCUT2D eigenvalue weighted by Crippen LogP contribution is -2.25. The van der Waals surface area contributed by atoms with E-state index in [9.17, 15) is 23.2 Å². The van der Waals surface area contributed by atoms with E-state index in [4.69, 9.17) is 9.15 Å². The number of benzene rings is 1. The molecule has 0 bridgehead atoms. The Morgan fingerprint density at radius 1 is 1.26 bits per heavy atom. The van der Waals surface area contributed by atoms with Crippen molar-refractivity contribution in [2.45, 2.75) is 20.4 Å². The van der Waals surface area contributed by atoms with Crippen LogP contribution in [0.1, 0.15) is 33.4 Å². The number of hydrogen-bond acceptors (Lipinski definition) is 6. The van der Waals surface area contributed by atoms with Gasteiger partial charge in [0.25, 0.3) is 5.56 Å². The molecule has 0 spiro atoms. The number of aryl methyl sites for hydroxylation is 1. The quantitative estimate of drug-likeness (QED) is 0.502.